The monoisotopic (exact) mass is 300 g/mol. The molecular formula is C13H20N2O4S. The van der Waals surface area contributed by atoms with E-state index in [2.05, 4.69) is 10.3 Å². The fourth-order valence-electron chi connectivity index (χ4n) is 1.66. The quantitative estimate of drug-likeness (QED) is 0.718. The molecular weight excluding hydrogens is 280 g/mol. The summed E-state index contributed by atoms with van der Waals surface area (Å²) in [6.07, 6.45) is 1.06. The lowest BCUT2D eigenvalue weighted by atomic mass is 10.2. The predicted octanol–water partition coefficient (Wildman–Crippen LogP) is 2.14. The van der Waals surface area contributed by atoms with Gasteiger partial charge >= 0.3 is 5.97 Å². The third-order valence-corrected chi connectivity index (χ3v) is 3.98. The summed E-state index contributed by atoms with van der Waals surface area (Å²) >= 11 is 1.10. The van der Waals surface area contributed by atoms with Crippen molar-refractivity contribution in [2.24, 2.45) is 0 Å². The molecule has 20 heavy (non-hydrogen) atoms. The molecule has 0 saturated carbocycles. The molecule has 0 saturated heterocycles. The second-order valence-corrected chi connectivity index (χ2v) is 5.39. The summed E-state index contributed by atoms with van der Waals surface area (Å²) in [5.41, 5.74) is 0.481. The Bertz CT molecular complexity index is 473. The summed E-state index contributed by atoms with van der Waals surface area (Å²) in [4.78, 5) is 27.1. The minimum Gasteiger partial charge on any atom is -0.477 e. The number of carbonyl (C=O) groups excluding carboxylic acids is 1. The summed E-state index contributed by atoms with van der Waals surface area (Å²) in [6, 6.07) is -0.286. The van der Waals surface area contributed by atoms with Gasteiger partial charge in [0, 0.05) is 19.6 Å². The zero-order valence-corrected chi connectivity index (χ0v) is 12.7. The Morgan fingerprint density at radius 1 is 1.50 bits per heavy atom. The third-order valence-electron chi connectivity index (χ3n) is 2.65. The molecule has 1 atom stereocenters. The largest absolute Gasteiger partial charge is 0.477 e. The van der Waals surface area contributed by atoms with Gasteiger partial charge in [0.25, 0.3) is 0 Å². The van der Waals surface area contributed by atoms with Crippen molar-refractivity contribution in [1.29, 1.82) is 0 Å². The van der Waals surface area contributed by atoms with Crippen molar-refractivity contribution in [3.8, 4) is 0 Å². The molecule has 6 nitrogen and oxygen atoms in total. The number of aromatic carboxylic acids is 1. The smallest absolute Gasteiger partial charge is 0.347 e. The molecule has 0 radical (unpaired) electrons. The Kier molecular flexibility index (Phi) is 6.60. The van der Waals surface area contributed by atoms with E-state index in [1.165, 1.54) is 0 Å². The number of amides is 1. The second kappa shape index (κ2) is 7.96. The Labute approximate surface area is 122 Å². The average Bonchev–Trinajstić information content (AvgIpc) is 2.77. The number of carboxylic acid groups (broad SMARTS) is 1. The van der Waals surface area contributed by atoms with Gasteiger partial charge in [0.05, 0.1) is 11.7 Å². The molecule has 112 valence electrons. The maximum Gasteiger partial charge on any atom is 0.347 e. The van der Waals surface area contributed by atoms with Crippen LogP contribution in [0.25, 0.3) is 0 Å². The molecule has 1 amide bonds. The number of ether oxygens (including phenoxy) is 1. The van der Waals surface area contributed by atoms with Crippen molar-refractivity contribution >= 4 is 23.2 Å². The fourth-order valence-corrected chi connectivity index (χ4v) is 2.56. The van der Waals surface area contributed by atoms with Crippen LogP contribution < -0.4 is 5.32 Å². The van der Waals surface area contributed by atoms with E-state index < -0.39 is 5.97 Å². The molecule has 0 aliphatic rings. The van der Waals surface area contributed by atoms with E-state index >= 15 is 0 Å². The number of hydrogen-bond donors (Lipinski definition) is 2. The van der Waals surface area contributed by atoms with Gasteiger partial charge in [-0.3, -0.25) is 4.79 Å². The van der Waals surface area contributed by atoms with E-state index in [0.717, 1.165) is 11.3 Å². The Morgan fingerprint density at radius 3 is 2.75 bits per heavy atom. The van der Waals surface area contributed by atoms with Gasteiger partial charge in [0.1, 0.15) is 9.88 Å². The maximum atomic E-state index is 11.7. The zero-order valence-electron chi connectivity index (χ0n) is 11.9. The topological polar surface area (TPSA) is 88.5 Å². The molecule has 7 heteroatoms. The van der Waals surface area contributed by atoms with Gasteiger partial charge in [-0.25, -0.2) is 9.78 Å². The summed E-state index contributed by atoms with van der Waals surface area (Å²) in [5.74, 6) is -1.07. The van der Waals surface area contributed by atoms with E-state index in [4.69, 9.17) is 9.84 Å². The minimum absolute atomic E-state index is 0.0815. The lowest BCUT2D eigenvalue weighted by Gasteiger charge is -2.11. The van der Waals surface area contributed by atoms with Crippen LogP contribution in [0, 0.1) is 6.92 Å². The first-order chi connectivity index (χ1) is 9.45. The molecule has 0 aliphatic heterocycles. The summed E-state index contributed by atoms with van der Waals surface area (Å²) < 4.78 is 5.16. The van der Waals surface area contributed by atoms with Gasteiger partial charge in [0.15, 0.2) is 0 Å². The molecule has 1 rings (SSSR count). The number of hydrogen-bond acceptors (Lipinski definition) is 5. The van der Waals surface area contributed by atoms with Crippen LogP contribution in [0.5, 0.6) is 0 Å². The van der Waals surface area contributed by atoms with Gasteiger partial charge in [-0.15, -0.1) is 11.3 Å². The van der Waals surface area contributed by atoms with Gasteiger partial charge < -0.3 is 15.2 Å². The molecule has 0 aliphatic carbocycles. The van der Waals surface area contributed by atoms with Crippen molar-refractivity contribution in [2.45, 2.75) is 39.7 Å². The Balaban J connectivity index is 2.49. The van der Waals surface area contributed by atoms with E-state index in [0.29, 0.717) is 36.8 Å². The number of aryl methyl sites for hydroxylation is 1. The zero-order chi connectivity index (χ0) is 15.1. The number of carbonyl (C=O) groups is 2. The van der Waals surface area contributed by atoms with E-state index in [-0.39, 0.29) is 16.8 Å². The normalized spacial score (nSPS) is 12.2. The minimum atomic E-state index is -0.985. The van der Waals surface area contributed by atoms with Crippen molar-refractivity contribution in [1.82, 2.24) is 10.3 Å². The molecule has 1 aromatic heterocycles. The van der Waals surface area contributed by atoms with E-state index in [1.54, 1.807) is 13.8 Å². The first-order valence-corrected chi connectivity index (χ1v) is 7.35. The van der Waals surface area contributed by atoms with Crippen LogP contribution in [-0.4, -0.2) is 35.2 Å². The lowest BCUT2D eigenvalue weighted by molar-refractivity contribution is -0.122. The highest BCUT2D eigenvalue weighted by atomic mass is 32.1. The number of nitrogens with zero attached hydrogens (tertiary/aromatic N) is 1. The molecule has 2 N–H and O–H groups in total. The van der Waals surface area contributed by atoms with Crippen LogP contribution in [0.15, 0.2) is 0 Å². The average molecular weight is 300 g/mol. The summed E-state index contributed by atoms with van der Waals surface area (Å²) in [6.45, 7) is 6.57. The maximum absolute atomic E-state index is 11.7. The van der Waals surface area contributed by atoms with Crippen molar-refractivity contribution in [3.05, 3.63) is 15.6 Å². The van der Waals surface area contributed by atoms with Gasteiger partial charge in [-0.2, -0.15) is 0 Å². The highest BCUT2D eigenvalue weighted by Gasteiger charge is 2.18. The molecule has 1 heterocycles. The van der Waals surface area contributed by atoms with Crippen LogP contribution in [0.2, 0.25) is 0 Å². The molecule has 0 bridgehead atoms. The van der Waals surface area contributed by atoms with Crippen molar-refractivity contribution in [2.75, 3.05) is 13.2 Å². The van der Waals surface area contributed by atoms with E-state index in [9.17, 15) is 9.59 Å². The standard InChI is InChI=1S/C13H20N2O4S/c1-4-19-7-5-6-10(16)14-9(3)12-15-8(2)11(20-12)13(17)18/h9H,4-7H2,1-3H3,(H,14,16)(H,17,18). The number of nitrogens with one attached hydrogen (secondary N) is 1. The van der Waals surface area contributed by atoms with Crippen LogP contribution in [0.3, 0.4) is 0 Å². The Morgan fingerprint density at radius 2 is 2.20 bits per heavy atom. The number of carboxylic acids is 1. The van der Waals surface area contributed by atoms with Gasteiger partial charge in [0.2, 0.25) is 5.91 Å². The highest BCUT2D eigenvalue weighted by molar-refractivity contribution is 7.13. The number of rotatable bonds is 8. The fraction of sp³-hybridized carbons (Fsp3) is 0.615. The lowest BCUT2D eigenvalue weighted by Crippen LogP contribution is -2.26. The first-order valence-electron chi connectivity index (χ1n) is 6.53. The molecule has 0 spiro atoms. The molecule has 0 aromatic carbocycles. The molecule has 1 aromatic rings. The third kappa shape index (κ3) is 4.90. The van der Waals surface area contributed by atoms with Crippen LogP contribution in [0.1, 0.15) is 53.1 Å². The van der Waals surface area contributed by atoms with Crippen LogP contribution in [0.4, 0.5) is 0 Å². The second-order valence-electron chi connectivity index (χ2n) is 4.36. The van der Waals surface area contributed by atoms with Gasteiger partial charge in [-0.05, 0) is 27.2 Å². The van der Waals surface area contributed by atoms with Crippen molar-refractivity contribution < 1.29 is 19.4 Å². The highest BCUT2D eigenvalue weighted by Crippen LogP contribution is 2.23. The number of aromatic nitrogens is 1. The van der Waals surface area contributed by atoms with Gasteiger partial charge in [-0.1, -0.05) is 0 Å². The van der Waals surface area contributed by atoms with Crippen molar-refractivity contribution in [3.63, 3.8) is 0 Å². The SMILES string of the molecule is CCOCCCC(=O)NC(C)c1nc(C)c(C(=O)O)s1. The number of thiazole rings is 1. The van der Waals surface area contributed by atoms with E-state index in [1.807, 2.05) is 6.92 Å². The first kappa shape index (κ1) is 16.6. The summed E-state index contributed by atoms with van der Waals surface area (Å²) in [7, 11) is 0. The molecule has 1 unspecified atom stereocenters. The van der Waals surface area contributed by atoms with Crippen LogP contribution >= 0.6 is 11.3 Å². The summed E-state index contributed by atoms with van der Waals surface area (Å²) in [5, 5.41) is 12.4. The Hall–Kier alpha value is -1.47. The van der Waals surface area contributed by atoms with Crippen LogP contribution in [-0.2, 0) is 9.53 Å². The molecule has 0 fully saturated rings. The predicted molar refractivity (Wildman–Crippen MR) is 76.1 cm³/mol.